The number of carbonyl (C=O) groups is 2. The van der Waals surface area contributed by atoms with Crippen molar-refractivity contribution in [2.24, 2.45) is 0 Å². The number of nitrogens with zero attached hydrogens (tertiary/aromatic N) is 2. The average molecular weight is 395 g/mol. The molecule has 0 radical (unpaired) electrons. The minimum absolute atomic E-state index is 0.0579. The van der Waals surface area contributed by atoms with Crippen molar-refractivity contribution in [1.29, 1.82) is 0 Å². The molecule has 0 saturated heterocycles. The quantitative estimate of drug-likeness (QED) is 0.611. The normalized spacial score (nSPS) is 11.7. The molecule has 0 saturated carbocycles. The van der Waals surface area contributed by atoms with E-state index >= 15 is 0 Å². The van der Waals surface area contributed by atoms with E-state index in [1.54, 1.807) is 31.2 Å². The third kappa shape index (κ3) is 5.23. The van der Waals surface area contributed by atoms with Gasteiger partial charge in [0.1, 0.15) is 10.8 Å². The van der Waals surface area contributed by atoms with E-state index < -0.39 is 6.10 Å². The number of carbonyl (C=O) groups excluding carboxylic acids is 2. The number of ether oxygens (including phenoxy) is 1. The van der Waals surface area contributed by atoms with Crippen LogP contribution in [0.4, 0.5) is 5.13 Å². The molecule has 0 aliphatic heterocycles. The fourth-order valence-corrected chi connectivity index (χ4v) is 3.29. The minimum Gasteiger partial charge on any atom is -0.481 e. The number of benzene rings is 2. The van der Waals surface area contributed by atoms with Gasteiger partial charge in [0.05, 0.1) is 0 Å². The molecular formula is C21H21N3O3S. The first-order valence-corrected chi connectivity index (χ1v) is 9.69. The topological polar surface area (TPSA) is 81.2 Å². The summed E-state index contributed by atoms with van der Waals surface area (Å²) in [6.45, 7) is 5.17. The van der Waals surface area contributed by atoms with Crippen LogP contribution in [0.3, 0.4) is 0 Å². The van der Waals surface area contributed by atoms with Gasteiger partial charge in [-0.05, 0) is 38.5 Å². The molecule has 7 heteroatoms. The van der Waals surface area contributed by atoms with Gasteiger partial charge < -0.3 is 4.74 Å². The number of aromatic nitrogens is 2. The zero-order valence-electron chi connectivity index (χ0n) is 15.9. The molecule has 0 fully saturated rings. The lowest BCUT2D eigenvalue weighted by Crippen LogP contribution is -2.30. The minimum atomic E-state index is -0.744. The molecule has 1 unspecified atom stereocenters. The van der Waals surface area contributed by atoms with Crippen LogP contribution in [-0.4, -0.2) is 28.0 Å². The Labute approximate surface area is 167 Å². The van der Waals surface area contributed by atoms with Crippen molar-refractivity contribution in [3.63, 3.8) is 0 Å². The molecule has 0 bridgehead atoms. The maximum Gasteiger partial charge on any atom is 0.266 e. The number of hydrogen-bond acceptors (Lipinski definition) is 6. The first kappa shape index (κ1) is 19.7. The van der Waals surface area contributed by atoms with Crippen molar-refractivity contribution in [3.05, 3.63) is 70.2 Å². The summed E-state index contributed by atoms with van der Waals surface area (Å²) in [5.74, 6) is 0.0801. The number of nitrogens with one attached hydrogen (secondary N) is 1. The number of aryl methyl sites for hydroxylation is 1. The van der Waals surface area contributed by atoms with Gasteiger partial charge in [0.25, 0.3) is 5.91 Å². The van der Waals surface area contributed by atoms with Crippen LogP contribution in [0.15, 0.2) is 48.5 Å². The van der Waals surface area contributed by atoms with Crippen molar-refractivity contribution < 1.29 is 14.3 Å². The molecule has 0 aliphatic rings. The SMILES string of the molecule is CC(=O)c1cccc(OC(C)C(=O)Nc2nnc(Cc3ccc(C)cc3)s2)c1. The van der Waals surface area contributed by atoms with Crippen LogP contribution >= 0.6 is 11.3 Å². The summed E-state index contributed by atoms with van der Waals surface area (Å²) < 4.78 is 5.64. The highest BCUT2D eigenvalue weighted by atomic mass is 32.1. The third-order valence-electron chi connectivity index (χ3n) is 4.10. The summed E-state index contributed by atoms with van der Waals surface area (Å²) in [7, 11) is 0. The monoisotopic (exact) mass is 395 g/mol. The lowest BCUT2D eigenvalue weighted by Gasteiger charge is -2.14. The molecule has 2 aromatic carbocycles. The largest absolute Gasteiger partial charge is 0.481 e. The first-order chi connectivity index (χ1) is 13.4. The van der Waals surface area contributed by atoms with Gasteiger partial charge in [0, 0.05) is 12.0 Å². The summed E-state index contributed by atoms with van der Waals surface area (Å²) in [6, 6.07) is 15.0. The van der Waals surface area contributed by atoms with Crippen LogP contribution < -0.4 is 10.1 Å². The van der Waals surface area contributed by atoms with Crippen LogP contribution in [0.5, 0.6) is 5.75 Å². The first-order valence-electron chi connectivity index (χ1n) is 8.87. The number of Topliss-reactive ketones (excluding diaryl/α,β-unsaturated/α-hetero) is 1. The number of anilines is 1. The molecule has 1 heterocycles. The molecule has 1 aromatic heterocycles. The maximum absolute atomic E-state index is 12.4. The molecular weight excluding hydrogens is 374 g/mol. The van der Waals surface area contributed by atoms with E-state index in [4.69, 9.17) is 4.74 Å². The van der Waals surface area contributed by atoms with E-state index in [0.29, 0.717) is 22.9 Å². The van der Waals surface area contributed by atoms with Crippen LogP contribution in [0.2, 0.25) is 0 Å². The van der Waals surface area contributed by atoms with Gasteiger partial charge in [-0.3, -0.25) is 14.9 Å². The highest BCUT2D eigenvalue weighted by Gasteiger charge is 2.17. The second-order valence-electron chi connectivity index (χ2n) is 6.50. The number of ketones is 1. The molecule has 0 aliphatic carbocycles. The van der Waals surface area contributed by atoms with Crippen LogP contribution in [-0.2, 0) is 11.2 Å². The Morgan fingerprint density at radius 2 is 1.89 bits per heavy atom. The summed E-state index contributed by atoms with van der Waals surface area (Å²) in [6.07, 6.45) is -0.0794. The van der Waals surface area contributed by atoms with E-state index in [1.165, 1.54) is 23.8 Å². The second-order valence-corrected chi connectivity index (χ2v) is 7.56. The fourth-order valence-electron chi connectivity index (χ4n) is 2.51. The molecule has 3 aromatic rings. The Kier molecular flexibility index (Phi) is 6.16. The number of rotatable bonds is 7. The van der Waals surface area contributed by atoms with Gasteiger partial charge in [-0.1, -0.05) is 53.3 Å². The Morgan fingerprint density at radius 1 is 1.14 bits per heavy atom. The molecule has 0 spiro atoms. The van der Waals surface area contributed by atoms with Crippen molar-refractivity contribution in [3.8, 4) is 5.75 Å². The van der Waals surface area contributed by atoms with Gasteiger partial charge >= 0.3 is 0 Å². The fraction of sp³-hybridized carbons (Fsp3) is 0.238. The van der Waals surface area contributed by atoms with Crippen molar-refractivity contribution >= 4 is 28.2 Å². The zero-order valence-corrected chi connectivity index (χ0v) is 16.7. The summed E-state index contributed by atoms with van der Waals surface area (Å²) in [4.78, 5) is 23.8. The van der Waals surface area contributed by atoms with Gasteiger partial charge in [-0.2, -0.15) is 0 Å². The van der Waals surface area contributed by atoms with Crippen molar-refractivity contribution in [2.75, 3.05) is 5.32 Å². The Bertz CT molecular complexity index is 983. The van der Waals surface area contributed by atoms with Crippen LogP contribution in [0.25, 0.3) is 0 Å². The smallest absolute Gasteiger partial charge is 0.266 e. The number of hydrogen-bond donors (Lipinski definition) is 1. The van der Waals surface area contributed by atoms with E-state index in [9.17, 15) is 9.59 Å². The maximum atomic E-state index is 12.4. The lowest BCUT2D eigenvalue weighted by atomic mass is 10.1. The Hall–Kier alpha value is -3.06. The Morgan fingerprint density at radius 3 is 2.61 bits per heavy atom. The predicted octanol–water partition coefficient (Wildman–Crippen LogP) is 4.05. The molecule has 1 atom stereocenters. The average Bonchev–Trinajstić information content (AvgIpc) is 3.10. The van der Waals surface area contributed by atoms with Crippen molar-refractivity contribution in [1.82, 2.24) is 10.2 Å². The van der Waals surface area contributed by atoms with Crippen LogP contribution in [0, 0.1) is 6.92 Å². The van der Waals surface area contributed by atoms with E-state index in [-0.39, 0.29) is 11.7 Å². The second kappa shape index (κ2) is 8.75. The summed E-state index contributed by atoms with van der Waals surface area (Å²) in [5.41, 5.74) is 2.88. The van der Waals surface area contributed by atoms with Crippen molar-refractivity contribution in [2.45, 2.75) is 33.3 Å². The summed E-state index contributed by atoms with van der Waals surface area (Å²) in [5, 5.41) is 12.2. The Balaban J connectivity index is 1.58. The van der Waals surface area contributed by atoms with Gasteiger partial charge in [0.15, 0.2) is 11.9 Å². The van der Waals surface area contributed by atoms with E-state index in [0.717, 1.165) is 10.6 Å². The molecule has 1 amide bonds. The predicted molar refractivity (Wildman–Crippen MR) is 109 cm³/mol. The molecule has 28 heavy (non-hydrogen) atoms. The van der Waals surface area contributed by atoms with Crippen LogP contribution in [0.1, 0.15) is 40.3 Å². The highest BCUT2D eigenvalue weighted by molar-refractivity contribution is 7.15. The summed E-state index contributed by atoms with van der Waals surface area (Å²) >= 11 is 1.34. The molecule has 1 N–H and O–H groups in total. The van der Waals surface area contributed by atoms with Gasteiger partial charge in [0.2, 0.25) is 5.13 Å². The van der Waals surface area contributed by atoms with Gasteiger partial charge in [-0.25, -0.2) is 0 Å². The van der Waals surface area contributed by atoms with Gasteiger partial charge in [-0.15, -0.1) is 10.2 Å². The third-order valence-corrected chi connectivity index (χ3v) is 4.93. The molecule has 3 rings (SSSR count). The number of amides is 1. The standard InChI is InChI=1S/C21H21N3O3S/c1-13-7-9-16(10-8-13)11-19-23-24-21(28-19)22-20(26)15(3)27-18-6-4-5-17(12-18)14(2)25/h4-10,12,15H,11H2,1-3H3,(H,22,24,26). The molecule has 144 valence electrons. The zero-order chi connectivity index (χ0) is 20.1. The molecule has 6 nitrogen and oxygen atoms in total. The highest BCUT2D eigenvalue weighted by Crippen LogP contribution is 2.20. The lowest BCUT2D eigenvalue weighted by molar-refractivity contribution is -0.122. The van der Waals surface area contributed by atoms with E-state index in [1.807, 2.05) is 6.92 Å². The van der Waals surface area contributed by atoms with E-state index in [2.05, 4.69) is 39.8 Å².